The van der Waals surface area contributed by atoms with E-state index in [0.29, 0.717) is 5.76 Å². The molecule has 1 fully saturated rings. The molecule has 4 nitrogen and oxygen atoms in total. The normalized spacial score (nSPS) is 22.9. The minimum atomic E-state index is -0.211. The van der Waals surface area contributed by atoms with Crippen LogP contribution in [0.25, 0.3) is 11.0 Å². The van der Waals surface area contributed by atoms with Crippen LogP contribution in [0.4, 0.5) is 0 Å². The van der Waals surface area contributed by atoms with E-state index in [1.54, 1.807) is 6.07 Å². The number of nitrogens with one attached hydrogen (secondary N) is 1. The van der Waals surface area contributed by atoms with E-state index in [0.717, 1.165) is 42.2 Å². The van der Waals surface area contributed by atoms with Crippen LogP contribution in [0.2, 0.25) is 0 Å². The number of aryl methyl sites for hydroxylation is 1. The fraction of sp³-hybridized carbons (Fsp3) is 0.438. The molecule has 2 aromatic rings. The Hall–Kier alpha value is -1.81. The first-order chi connectivity index (χ1) is 9.61. The third kappa shape index (κ3) is 2.70. The highest BCUT2D eigenvalue weighted by atomic mass is 16.3. The molecular weight excluding hydrogens is 254 g/mol. The zero-order chi connectivity index (χ0) is 14.1. The van der Waals surface area contributed by atoms with Gasteiger partial charge in [-0.15, -0.1) is 0 Å². The molecule has 0 radical (unpaired) electrons. The number of carbonyl (C=O) groups excluding carboxylic acids is 1. The van der Waals surface area contributed by atoms with Gasteiger partial charge in [0.2, 0.25) is 0 Å². The van der Waals surface area contributed by atoms with Gasteiger partial charge in [0.05, 0.1) is 6.10 Å². The van der Waals surface area contributed by atoms with Gasteiger partial charge in [-0.3, -0.25) is 4.79 Å². The van der Waals surface area contributed by atoms with Gasteiger partial charge >= 0.3 is 0 Å². The van der Waals surface area contributed by atoms with E-state index < -0.39 is 0 Å². The van der Waals surface area contributed by atoms with Crippen molar-refractivity contribution in [3.63, 3.8) is 0 Å². The van der Waals surface area contributed by atoms with Gasteiger partial charge in [0.1, 0.15) is 5.58 Å². The Labute approximate surface area is 117 Å². The molecule has 0 saturated heterocycles. The lowest BCUT2D eigenvalue weighted by molar-refractivity contribution is 0.0845. The van der Waals surface area contributed by atoms with E-state index >= 15 is 0 Å². The minimum Gasteiger partial charge on any atom is -0.451 e. The number of amides is 1. The first kappa shape index (κ1) is 13.2. The number of benzene rings is 1. The van der Waals surface area contributed by atoms with E-state index in [9.17, 15) is 9.90 Å². The van der Waals surface area contributed by atoms with Crippen molar-refractivity contribution in [1.82, 2.24) is 5.32 Å². The van der Waals surface area contributed by atoms with Gasteiger partial charge < -0.3 is 14.8 Å². The van der Waals surface area contributed by atoms with Crippen molar-refractivity contribution in [2.24, 2.45) is 0 Å². The molecule has 1 aliphatic rings. The van der Waals surface area contributed by atoms with Crippen molar-refractivity contribution >= 4 is 16.9 Å². The zero-order valence-electron chi connectivity index (χ0n) is 11.6. The van der Waals surface area contributed by atoms with E-state index in [1.165, 1.54) is 0 Å². The van der Waals surface area contributed by atoms with Crippen LogP contribution in [0.15, 0.2) is 28.7 Å². The highest BCUT2D eigenvalue weighted by Gasteiger charge is 2.22. The number of fused-ring (bicyclic) bond motifs is 1. The number of hydrogen-bond donors (Lipinski definition) is 2. The Morgan fingerprint density at radius 3 is 2.75 bits per heavy atom. The Morgan fingerprint density at radius 1 is 1.25 bits per heavy atom. The van der Waals surface area contributed by atoms with Gasteiger partial charge in [-0.1, -0.05) is 11.6 Å². The molecule has 0 aliphatic heterocycles. The predicted octanol–water partition coefficient (Wildman–Crippen LogP) is 2.77. The molecule has 106 valence electrons. The van der Waals surface area contributed by atoms with Gasteiger partial charge in [-0.05, 0) is 50.8 Å². The summed E-state index contributed by atoms with van der Waals surface area (Å²) in [5, 5.41) is 13.4. The first-order valence-corrected chi connectivity index (χ1v) is 7.11. The third-order valence-electron chi connectivity index (χ3n) is 3.93. The summed E-state index contributed by atoms with van der Waals surface area (Å²) in [6.07, 6.45) is 2.95. The molecule has 4 heteroatoms. The maximum Gasteiger partial charge on any atom is 0.287 e. The van der Waals surface area contributed by atoms with E-state index in [1.807, 2.05) is 25.1 Å². The maximum absolute atomic E-state index is 12.2. The van der Waals surface area contributed by atoms with Crippen molar-refractivity contribution in [2.45, 2.75) is 44.8 Å². The quantitative estimate of drug-likeness (QED) is 0.884. The van der Waals surface area contributed by atoms with Crippen LogP contribution < -0.4 is 5.32 Å². The SMILES string of the molecule is Cc1ccc2oc(C(=O)NC3CCC(O)CC3)cc2c1. The van der Waals surface area contributed by atoms with Gasteiger partial charge in [0.15, 0.2) is 5.76 Å². The van der Waals surface area contributed by atoms with Gasteiger partial charge in [0.25, 0.3) is 5.91 Å². The number of carbonyl (C=O) groups is 1. The fourth-order valence-corrected chi connectivity index (χ4v) is 2.75. The lowest BCUT2D eigenvalue weighted by Crippen LogP contribution is -2.38. The monoisotopic (exact) mass is 273 g/mol. The summed E-state index contributed by atoms with van der Waals surface area (Å²) >= 11 is 0. The van der Waals surface area contributed by atoms with Crippen LogP contribution in [0, 0.1) is 6.92 Å². The van der Waals surface area contributed by atoms with Crippen LogP contribution in [0.5, 0.6) is 0 Å². The summed E-state index contributed by atoms with van der Waals surface area (Å²) in [5.74, 6) is 0.192. The summed E-state index contributed by atoms with van der Waals surface area (Å²) in [4.78, 5) is 12.2. The number of rotatable bonds is 2. The average molecular weight is 273 g/mol. The smallest absolute Gasteiger partial charge is 0.287 e. The Bertz CT molecular complexity index is 624. The number of aliphatic hydroxyl groups excluding tert-OH is 1. The molecule has 0 unspecified atom stereocenters. The standard InChI is InChI=1S/C16H19NO3/c1-10-2-7-14-11(8-10)9-15(20-14)16(19)17-12-3-5-13(18)6-4-12/h2,7-9,12-13,18H,3-6H2,1H3,(H,17,19). The van der Waals surface area contributed by atoms with Gasteiger partial charge in [-0.2, -0.15) is 0 Å². The van der Waals surface area contributed by atoms with Crippen LogP contribution in [0.3, 0.4) is 0 Å². The zero-order valence-corrected chi connectivity index (χ0v) is 11.6. The Kier molecular flexibility index (Phi) is 3.49. The second kappa shape index (κ2) is 5.29. The maximum atomic E-state index is 12.2. The molecular formula is C16H19NO3. The van der Waals surface area contributed by atoms with Crippen molar-refractivity contribution in [2.75, 3.05) is 0 Å². The van der Waals surface area contributed by atoms with E-state index in [-0.39, 0.29) is 18.1 Å². The Balaban J connectivity index is 1.72. The van der Waals surface area contributed by atoms with Gasteiger partial charge in [0, 0.05) is 11.4 Å². The van der Waals surface area contributed by atoms with Crippen LogP contribution in [-0.4, -0.2) is 23.2 Å². The molecule has 3 rings (SSSR count). The molecule has 20 heavy (non-hydrogen) atoms. The highest BCUT2D eigenvalue weighted by Crippen LogP contribution is 2.22. The molecule has 1 aromatic carbocycles. The topological polar surface area (TPSA) is 62.5 Å². The largest absolute Gasteiger partial charge is 0.451 e. The van der Waals surface area contributed by atoms with Crippen LogP contribution in [0.1, 0.15) is 41.8 Å². The molecule has 1 amide bonds. The summed E-state index contributed by atoms with van der Waals surface area (Å²) in [7, 11) is 0. The molecule has 0 spiro atoms. The third-order valence-corrected chi connectivity index (χ3v) is 3.93. The molecule has 1 aromatic heterocycles. The highest BCUT2D eigenvalue weighted by molar-refractivity contribution is 5.96. The van der Waals surface area contributed by atoms with E-state index in [2.05, 4.69) is 5.32 Å². The number of aliphatic hydroxyl groups is 1. The summed E-state index contributed by atoms with van der Waals surface area (Å²) in [6.45, 7) is 2.01. The average Bonchev–Trinajstić information content (AvgIpc) is 2.84. The molecule has 1 heterocycles. The second-order valence-electron chi connectivity index (χ2n) is 5.63. The molecule has 0 atom stereocenters. The van der Waals surface area contributed by atoms with Crippen LogP contribution >= 0.6 is 0 Å². The lowest BCUT2D eigenvalue weighted by atomic mass is 9.93. The number of hydrogen-bond acceptors (Lipinski definition) is 3. The van der Waals surface area contributed by atoms with Crippen LogP contribution in [-0.2, 0) is 0 Å². The molecule has 1 saturated carbocycles. The van der Waals surface area contributed by atoms with E-state index in [4.69, 9.17) is 4.42 Å². The van der Waals surface area contributed by atoms with Crippen molar-refractivity contribution in [3.05, 3.63) is 35.6 Å². The summed E-state index contributed by atoms with van der Waals surface area (Å²) in [6, 6.07) is 7.79. The molecule has 0 bridgehead atoms. The lowest BCUT2D eigenvalue weighted by Gasteiger charge is -2.25. The van der Waals surface area contributed by atoms with Gasteiger partial charge in [-0.25, -0.2) is 0 Å². The molecule has 2 N–H and O–H groups in total. The molecule has 1 aliphatic carbocycles. The summed E-state index contributed by atoms with van der Waals surface area (Å²) < 4.78 is 5.59. The van der Waals surface area contributed by atoms with Crippen molar-refractivity contribution in [3.8, 4) is 0 Å². The van der Waals surface area contributed by atoms with Crippen molar-refractivity contribution < 1.29 is 14.3 Å². The summed E-state index contributed by atoms with van der Waals surface area (Å²) in [5.41, 5.74) is 1.88. The minimum absolute atomic E-state index is 0.140. The predicted molar refractivity (Wildman–Crippen MR) is 76.7 cm³/mol. The number of furan rings is 1. The van der Waals surface area contributed by atoms with Crippen molar-refractivity contribution in [1.29, 1.82) is 0 Å². The second-order valence-corrected chi connectivity index (χ2v) is 5.63. The first-order valence-electron chi connectivity index (χ1n) is 7.11. The fourth-order valence-electron chi connectivity index (χ4n) is 2.75. The Morgan fingerprint density at radius 2 is 2.00 bits per heavy atom.